The van der Waals surface area contributed by atoms with E-state index in [1.165, 1.54) is 18.6 Å². The minimum Gasteiger partial charge on any atom is -0.329 e. The summed E-state index contributed by atoms with van der Waals surface area (Å²) in [5, 5.41) is 0.672. The SMILES string of the molecule is CC1SCCCC1(CN)N(C)C. The molecule has 0 bridgehead atoms. The fourth-order valence-electron chi connectivity index (χ4n) is 2.03. The summed E-state index contributed by atoms with van der Waals surface area (Å²) in [5.41, 5.74) is 6.13. The van der Waals surface area contributed by atoms with Crippen molar-refractivity contribution in [1.82, 2.24) is 4.90 Å². The molecule has 2 N–H and O–H groups in total. The summed E-state index contributed by atoms with van der Waals surface area (Å²) in [6.45, 7) is 3.09. The standard InChI is InChI=1S/C9H20N2S/c1-8-9(7-10,11(2)3)5-4-6-12-8/h8H,4-7,10H2,1-3H3. The zero-order chi connectivity index (χ0) is 9.19. The van der Waals surface area contributed by atoms with E-state index in [0.29, 0.717) is 5.25 Å². The van der Waals surface area contributed by atoms with Gasteiger partial charge in [-0.2, -0.15) is 11.8 Å². The Labute approximate surface area is 79.9 Å². The molecule has 2 nitrogen and oxygen atoms in total. The summed E-state index contributed by atoms with van der Waals surface area (Å²) < 4.78 is 0. The second-order valence-electron chi connectivity index (χ2n) is 3.82. The molecule has 2 atom stereocenters. The third-order valence-electron chi connectivity index (χ3n) is 3.12. The molecule has 1 saturated heterocycles. The van der Waals surface area contributed by atoms with Gasteiger partial charge in [0.2, 0.25) is 0 Å². The molecule has 0 spiro atoms. The molecule has 1 aliphatic heterocycles. The van der Waals surface area contributed by atoms with Crippen LogP contribution in [0.5, 0.6) is 0 Å². The van der Waals surface area contributed by atoms with Gasteiger partial charge in [0.25, 0.3) is 0 Å². The zero-order valence-corrected chi connectivity index (χ0v) is 9.16. The molecule has 1 heterocycles. The van der Waals surface area contributed by atoms with Crippen molar-refractivity contribution in [3.05, 3.63) is 0 Å². The lowest BCUT2D eigenvalue weighted by molar-refractivity contribution is 0.143. The van der Waals surface area contributed by atoms with E-state index in [1.807, 2.05) is 0 Å². The van der Waals surface area contributed by atoms with Gasteiger partial charge in [-0.15, -0.1) is 0 Å². The second-order valence-corrected chi connectivity index (χ2v) is 5.27. The molecule has 0 aliphatic carbocycles. The normalized spacial score (nSPS) is 37.2. The fraction of sp³-hybridized carbons (Fsp3) is 1.00. The number of thioether (sulfide) groups is 1. The van der Waals surface area contributed by atoms with Gasteiger partial charge in [0.1, 0.15) is 0 Å². The van der Waals surface area contributed by atoms with Crippen LogP contribution in [0.2, 0.25) is 0 Å². The van der Waals surface area contributed by atoms with E-state index < -0.39 is 0 Å². The van der Waals surface area contributed by atoms with Gasteiger partial charge in [0, 0.05) is 17.3 Å². The Morgan fingerprint density at radius 1 is 1.58 bits per heavy atom. The van der Waals surface area contributed by atoms with Crippen molar-refractivity contribution in [2.45, 2.75) is 30.6 Å². The molecular weight excluding hydrogens is 168 g/mol. The minimum atomic E-state index is 0.253. The van der Waals surface area contributed by atoms with Crippen molar-refractivity contribution in [3.8, 4) is 0 Å². The molecule has 0 saturated carbocycles. The van der Waals surface area contributed by atoms with Gasteiger partial charge in [-0.3, -0.25) is 0 Å². The first kappa shape index (κ1) is 10.4. The van der Waals surface area contributed by atoms with Crippen LogP contribution in [0.15, 0.2) is 0 Å². The van der Waals surface area contributed by atoms with Gasteiger partial charge in [0.05, 0.1) is 0 Å². The van der Waals surface area contributed by atoms with E-state index in [2.05, 4.69) is 37.7 Å². The van der Waals surface area contributed by atoms with Gasteiger partial charge in [-0.1, -0.05) is 6.92 Å². The third-order valence-corrected chi connectivity index (χ3v) is 4.59. The summed E-state index contributed by atoms with van der Waals surface area (Å²) in [6, 6.07) is 0. The van der Waals surface area contributed by atoms with E-state index >= 15 is 0 Å². The van der Waals surface area contributed by atoms with Gasteiger partial charge in [-0.25, -0.2) is 0 Å². The molecule has 0 amide bonds. The first-order chi connectivity index (χ1) is 5.63. The molecule has 3 heteroatoms. The fourth-order valence-corrected chi connectivity index (χ4v) is 3.43. The molecule has 2 unspecified atom stereocenters. The molecule has 0 radical (unpaired) electrons. The molecule has 0 aromatic carbocycles. The van der Waals surface area contributed by atoms with Crippen molar-refractivity contribution < 1.29 is 0 Å². The zero-order valence-electron chi connectivity index (χ0n) is 8.34. The van der Waals surface area contributed by atoms with Crippen LogP contribution in [-0.4, -0.2) is 42.1 Å². The van der Waals surface area contributed by atoms with Crippen molar-refractivity contribution >= 4 is 11.8 Å². The van der Waals surface area contributed by atoms with Crippen LogP contribution in [0.3, 0.4) is 0 Å². The number of hydrogen-bond donors (Lipinski definition) is 1. The Balaban J connectivity index is 2.73. The van der Waals surface area contributed by atoms with Gasteiger partial charge >= 0.3 is 0 Å². The topological polar surface area (TPSA) is 29.3 Å². The highest BCUT2D eigenvalue weighted by molar-refractivity contribution is 8.00. The van der Waals surface area contributed by atoms with Gasteiger partial charge < -0.3 is 10.6 Å². The molecule has 0 aromatic heterocycles. The largest absolute Gasteiger partial charge is 0.329 e. The van der Waals surface area contributed by atoms with E-state index in [1.54, 1.807) is 0 Å². The maximum absolute atomic E-state index is 5.87. The third kappa shape index (κ3) is 1.63. The molecule has 0 aromatic rings. The second kappa shape index (κ2) is 3.99. The predicted octanol–water partition coefficient (Wildman–Crippen LogP) is 1.16. The highest BCUT2D eigenvalue weighted by Gasteiger charge is 2.39. The van der Waals surface area contributed by atoms with Crippen LogP contribution >= 0.6 is 11.8 Å². The average molecular weight is 188 g/mol. The smallest absolute Gasteiger partial charge is 0.0441 e. The maximum Gasteiger partial charge on any atom is 0.0441 e. The van der Waals surface area contributed by atoms with Crippen molar-refractivity contribution in [1.29, 1.82) is 0 Å². The number of nitrogens with two attached hydrogens (primary N) is 1. The molecule has 72 valence electrons. The highest BCUT2D eigenvalue weighted by Crippen LogP contribution is 2.36. The number of likely N-dealkylation sites (N-methyl/N-ethyl adjacent to an activating group) is 1. The van der Waals surface area contributed by atoms with Gasteiger partial charge in [0.15, 0.2) is 0 Å². The summed E-state index contributed by atoms with van der Waals surface area (Å²) >= 11 is 2.06. The quantitative estimate of drug-likeness (QED) is 0.705. The molecule has 1 rings (SSSR count). The Morgan fingerprint density at radius 3 is 2.58 bits per heavy atom. The van der Waals surface area contributed by atoms with Crippen LogP contribution in [0.1, 0.15) is 19.8 Å². The van der Waals surface area contributed by atoms with E-state index in [4.69, 9.17) is 5.73 Å². The van der Waals surface area contributed by atoms with E-state index in [0.717, 1.165) is 6.54 Å². The van der Waals surface area contributed by atoms with Crippen LogP contribution in [0.25, 0.3) is 0 Å². The Kier molecular flexibility index (Phi) is 3.44. The maximum atomic E-state index is 5.87. The average Bonchev–Trinajstić information content (AvgIpc) is 2.05. The van der Waals surface area contributed by atoms with E-state index in [-0.39, 0.29) is 5.54 Å². The first-order valence-electron chi connectivity index (χ1n) is 4.62. The van der Waals surface area contributed by atoms with Crippen molar-refractivity contribution in [3.63, 3.8) is 0 Å². The Morgan fingerprint density at radius 2 is 2.25 bits per heavy atom. The molecule has 12 heavy (non-hydrogen) atoms. The molecule has 1 aliphatic rings. The summed E-state index contributed by atoms with van der Waals surface area (Å²) in [7, 11) is 4.30. The summed E-state index contributed by atoms with van der Waals surface area (Å²) in [5.74, 6) is 1.30. The lowest BCUT2D eigenvalue weighted by Gasteiger charge is -2.46. The lowest BCUT2D eigenvalue weighted by Crippen LogP contribution is -2.58. The highest BCUT2D eigenvalue weighted by atomic mass is 32.2. The van der Waals surface area contributed by atoms with Gasteiger partial charge in [-0.05, 0) is 32.7 Å². The van der Waals surface area contributed by atoms with Crippen LogP contribution in [0.4, 0.5) is 0 Å². The number of rotatable bonds is 2. The summed E-state index contributed by atoms with van der Waals surface area (Å²) in [6.07, 6.45) is 2.56. The van der Waals surface area contributed by atoms with Crippen molar-refractivity contribution in [2.24, 2.45) is 5.73 Å². The Hall–Kier alpha value is 0.270. The lowest BCUT2D eigenvalue weighted by atomic mass is 9.88. The summed E-state index contributed by atoms with van der Waals surface area (Å²) in [4.78, 5) is 2.31. The first-order valence-corrected chi connectivity index (χ1v) is 5.67. The minimum absolute atomic E-state index is 0.253. The Bertz CT molecular complexity index is 149. The number of hydrogen-bond acceptors (Lipinski definition) is 3. The predicted molar refractivity (Wildman–Crippen MR) is 56.6 cm³/mol. The van der Waals surface area contributed by atoms with E-state index in [9.17, 15) is 0 Å². The molecular formula is C9H20N2S. The van der Waals surface area contributed by atoms with Crippen LogP contribution < -0.4 is 5.73 Å². The monoisotopic (exact) mass is 188 g/mol. The van der Waals surface area contributed by atoms with Crippen molar-refractivity contribution in [2.75, 3.05) is 26.4 Å². The molecule has 1 fully saturated rings. The van der Waals surface area contributed by atoms with Crippen LogP contribution in [-0.2, 0) is 0 Å². The number of nitrogens with zero attached hydrogens (tertiary/aromatic N) is 1. The van der Waals surface area contributed by atoms with Crippen LogP contribution in [0, 0.1) is 0 Å².